The molecular formula is C21H17N5S. The van der Waals surface area contributed by atoms with Gasteiger partial charge in [0, 0.05) is 35.9 Å². The van der Waals surface area contributed by atoms with Gasteiger partial charge in [0.15, 0.2) is 0 Å². The van der Waals surface area contributed by atoms with Crippen molar-refractivity contribution in [2.45, 2.75) is 6.54 Å². The first-order valence-corrected chi connectivity index (χ1v) is 9.33. The molecule has 3 aromatic heterocycles. The van der Waals surface area contributed by atoms with Gasteiger partial charge < -0.3 is 5.43 Å². The lowest BCUT2D eigenvalue weighted by Gasteiger charge is -2.00. The average molecular weight is 371 g/mol. The topological polar surface area (TPSA) is 63.1 Å². The minimum atomic E-state index is 0.695. The van der Waals surface area contributed by atoms with Gasteiger partial charge in [-0.05, 0) is 29.8 Å². The van der Waals surface area contributed by atoms with Crippen molar-refractivity contribution in [3.05, 3.63) is 90.5 Å². The Labute approximate surface area is 161 Å². The average Bonchev–Trinajstić information content (AvgIpc) is 3.23. The molecule has 3 heterocycles. The zero-order valence-electron chi connectivity index (χ0n) is 14.5. The number of hydrazone groups is 1. The largest absolute Gasteiger partial charge is 0.306 e. The Hall–Kier alpha value is -3.38. The van der Waals surface area contributed by atoms with Crippen molar-refractivity contribution in [1.82, 2.24) is 20.4 Å². The lowest BCUT2D eigenvalue weighted by Crippen LogP contribution is -2.05. The minimum Gasteiger partial charge on any atom is -0.306 e. The lowest BCUT2D eigenvalue weighted by molar-refractivity contribution is 0.748. The molecule has 0 spiro atoms. The zero-order chi connectivity index (χ0) is 18.3. The van der Waals surface area contributed by atoms with Gasteiger partial charge in [0.2, 0.25) is 0 Å². The second-order valence-electron chi connectivity index (χ2n) is 5.83. The van der Waals surface area contributed by atoms with Crippen LogP contribution in [0.2, 0.25) is 0 Å². The van der Waals surface area contributed by atoms with Crippen LogP contribution in [0.25, 0.3) is 21.1 Å². The predicted octanol–water partition coefficient (Wildman–Crippen LogP) is 4.39. The van der Waals surface area contributed by atoms with E-state index in [9.17, 15) is 0 Å². The number of thiazole rings is 1. The second-order valence-corrected chi connectivity index (χ2v) is 6.86. The molecule has 0 aliphatic heterocycles. The number of hydrogen-bond donors (Lipinski definition) is 1. The van der Waals surface area contributed by atoms with E-state index in [0.29, 0.717) is 6.54 Å². The molecule has 0 fully saturated rings. The molecule has 0 aliphatic carbocycles. The number of pyridine rings is 2. The Morgan fingerprint density at radius 2 is 1.85 bits per heavy atom. The highest BCUT2D eigenvalue weighted by Crippen LogP contribution is 2.30. The normalized spacial score (nSPS) is 11.0. The van der Waals surface area contributed by atoms with Crippen LogP contribution < -0.4 is 5.43 Å². The standard InChI is InChI=1S/C21H17N5S/c1-2-5-16(6-3-1)12-25-26-13-17-8-9-19(23-11-17)20-15-24-21(27-20)18-7-4-10-22-14-18/h1-11,13-15,25H,12H2/b26-13+. The van der Waals surface area contributed by atoms with Crippen LogP contribution >= 0.6 is 11.3 Å². The molecule has 27 heavy (non-hydrogen) atoms. The summed E-state index contributed by atoms with van der Waals surface area (Å²) in [6.07, 6.45) is 9.01. The molecule has 5 nitrogen and oxygen atoms in total. The van der Waals surface area contributed by atoms with E-state index in [2.05, 4.69) is 37.6 Å². The molecule has 0 bridgehead atoms. The van der Waals surface area contributed by atoms with E-state index < -0.39 is 0 Å². The fourth-order valence-corrected chi connectivity index (χ4v) is 3.38. The van der Waals surface area contributed by atoms with Gasteiger partial charge in [0.25, 0.3) is 0 Å². The highest BCUT2D eigenvalue weighted by molar-refractivity contribution is 7.18. The Morgan fingerprint density at radius 1 is 0.926 bits per heavy atom. The van der Waals surface area contributed by atoms with Crippen LogP contribution in [0.3, 0.4) is 0 Å². The van der Waals surface area contributed by atoms with Crippen LogP contribution in [0.5, 0.6) is 0 Å². The summed E-state index contributed by atoms with van der Waals surface area (Å²) >= 11 is 1.60. The van der Waals surface area contributed by atoms with E-state index >= 15 is 0 Å². The fourth-order valence-electron chi connectivity index (χ4n) is 2.50. The van der Waals surface area contributed by atoms with Crippen LogP contribution in [-0.4, -0.2) is 21.2 Å². The molecule has 1 N–H and O–H groups in total. The number of hydrogen-bond acceptors (Lipinski definition) is 6. The quantitative estimate of drug-likeness (QED) is 0.403. The van der Waals surface area contributed by atoms with Crippen LogP contribution in [-0.2, 0) is 6.54 Å². The van der Waals surface area contributed by atoms with Crippen molar-refractivity contribution in [2.75, 3.05) is 0 Å². The third-order valence-corrected chi connectivity index (χ3v) is 4.95. The number of rotatable bonds is 6. The first kappa shape index (κ1) is 17.1. The van der Waals surface area contributed by atoms with Crippen LogP contribution in [0.4, 0.5) is 0 Å². The minimum absolute atomic E-state index is 0.695. The van der Waals surface area contributed by atoms with Gasteiger partial charge in [-0.2, -0.15) is 5.10 Å². The fraction of sp³-hybridized carbons (Fsp3) is 0.0476. The van der Waals surface area contributed by atoms with Gasteiger partial charge >= 0.3 is 0 Å². The molecule has 1 aromatic carbocycles. The van der Waals surface area contributed by atoms with Crippen molar-refractivity contribution >= 4 is 17.6 Å². The van der Waals surface area contributed by atoms with Crippen molar-refractivity contribution in [3.63, 3.8) is 0 Å². The predicted molar refractivity (Wildman–Crippen MR) is 109 cm³/mol. The molecule has 0 aliphatic rings. The number of benzene rings is 1. The Bertz CT molecular complexity index is 1010. The van der Waals surface area contributed by atoms with Gasteiger partial charge in [-0.25, -0.2) is 4.98 Å². The van der Waals surface area contributed by atoms with E-state index in [4.69, 9.17) is 0 Å². The number of aromatic nitrogens is 3. The van der Waals surface area contributed by atoms with E-state index in [-0.39, 0.29) is 0 Å². The summed E-state index contributed by atoms with van der Waals surface area (Å²) in [5.41, 5.74) is 7.09. The van der Waals surface area contributed by atoms with Gasteiger partial charge in [-0.3, -0.25) is 9.97 Å². The number of nitrogens with zero attached hydrogens (tertiary/aromatic N) is 4. The summed E-state index contributed by atoms with van der Waals surface area (Å²) in [4.78, 5) is 14.2. The third kappa shape index (κ3) is 4.43. The number of nitrogens with one attached hydrogen (secondary N) is 1. The molecule has 4 aromatic rings. The second kappa shape index (κ2) is 8.33. The molecule has 4 rings (SSSR count). The Morgan fingerprint density at radius 3 is 2.63 bits per heavy atom. The molecular weight excluding hydrogens is 354 g/mol. The van der Waals surface area contributed by atoms with Crippen molar-refractivity contribution < 1.29 is 0 Å². The SMILES string of the molecule is C(=N\NCc1ccccc1)/c1ccc(-c2cnc(-c3cccnc3)s2)nc1. The highest BCUT2D eigenvalue weighted by atomic mass is 32.1. The molecule has 0 amide bonds. The van der Waals surface area contributed by atoms with E-state index in [0.717, 1.165) is 26.7 Å². The maximum absolute atomic E-state index is 4.53. The van der Waals surface area contributed by atoms with Crippen molar-refractivity contribution in [3.8, 4) is 21.1 Å². The van der Waals surface area contributed by atoms with Gasteiger partial charge in [0.1, 0.15) is 5.01 Å². The third-order valence-electron chi connectivity index (χ3n) is 3.88. The van der Waals surface area contributed by atoms with Crippen molar-refractivity contribution in [1.29, 1.82) is 0 Å². The molecule has 0 unspecified atom stereocenters. The van der Waals surface area contributed by atoms with Gasteiger partial charge in [0.05, 0.1) is 23.3 Å². The first-order valence-electron chi connectivity index (χ1n) is 8.51. The maximum atomic E-state index is 4.53. The van der Waals surface area contributed by atoms with Gasteiger partial charge in [-0.15, -0.1) is 11.3 Å². The smallest absolute Gasteiger partial charge is 0.125 e. The molecule has 6 heteroatoms. The monoisotopic (exact) mass is 371 g/mol. The Balaban J connectivity index is 1.39. The lowest BCUT2D eigenvalue weighted by atomic mass is 10.2. The maximum Gasteiger partial charge on any atom is 0.125 e. The summed E-state index contributed by atoms with van der Waals surface area (Å²) in [7, 11) is 0. The summed E-state index contributed by atoms with van der Waals surface area (Å²) in [6, 6.07) is 18.1. The molecule has 132 valence electrons. The highest BCUT2D eigenvalue weighted by Gasteiger charge is 2.07. The summed E-state index contributed by atoms with van der Waals surface area (Å²) in [5.74, 6) is 0. The zero-order valence-corrected chi connectivity index (χ0v) is 15.3. The van der Waals surface area contributed by atoms with Crippen LogP contribution in [0, 0.1) is 0 Å². The summed E-state index contributed by atoms with van der Waals surface area (Å²) in [5, 5.41) is 5.19. The Kier molecular flexibility index (Phi) is 5.26. The molecule has 0 radical (unpaired) electrons. The van der Waals surface area contributed by atoms with Crippen LogP contribution in [0.1, 0.15) is 11.1 Å². The molecule has 0 atom stereocenters. The summed E-state index contributed by atoms with van der Waals surface area (Å²) < 4.78 is 0. The molecule has 0 saturated heterocycles. The van der Waals surface area contributed by atoms with Crippen molar-refractivity contribution in [2.24, 2.45) is 5.10 Å². The molecule has 0 saturated carbocycles. The van der Waals surface area contributed by atoms with E-state index in [1.165, 1.54) is 5.56 Å². The first-order chi connectivity index (χ1) is 13.4. The van der Waals surface area contributed by atoms with E-state index in [1.807, 2.05) is 61.1 Å². The van der Waals surface area contributed by atoms with Crippen LogP contribution in [0.15, 0.2) is 84.5 Å². The van der Waals surface area contributed by atoms with Gasteiger partial charge in [-0.1, -0.05) is 30.3 Å². The van der Waals surface area contributed by atoms with E-state index in [1.54, 1.807) is 23.7 Å². The summed E-state index contributed by atoms with van der Waals surface area (Å²) in [6.45, 7) is 0.695.